The van der Waals surface area contributed by atoms with Crippen molar-refractivity contribution in [1.29, 1.82) is 0 Å². The maximum absolute atomic E-state index is 13.2. The quantitative estimate of drug-likeness (QED) is 0.482. The summed E-state index contributed by atoms with van der Waals surface area (Å²) in [4.78, 5) is 30.3. The first-order chi connectivity index (χ1) is 17.1. The number of carbonyl (C=O) groups is 1. The molecule has 1 saturated carbocycles. The molecule has 1 spiro atoms. The average Bonchev–Trinajstić information content (AvgIpc) is 3.48. The summed E-state index contributed by atoms with van der Waals surface area (Å²) in [5, 5.41) is 4.60. The third kappa shape index (κ3) is 4.98. The molecule has 1 N–H and O–H groups in total. The van der Waals surface area contributed by atoms with E-state index < -0.39 is 0 Å². The molecular weight excluding hydrogens is 474 g/mol. The zero-order chi connectivity index (χ0) is 23.8. The normalized spacial score (nSPS) is 23.6. The summed E-state index contributed by atoms with van der Waals surface area (Å²) in [5.41, 5.74) is 2.29. The first kappa shape index (κ1) is 23.4. The summed E-state index contributed by atoms with van der Waals surface area (Å²) in [6.07, 6.45) is 13.9. The smallest absolute Gasteiger partial charge is 0.253 e. The van der Waals surface area contributed by atoms with Crippen molar-refractivity contribution in [2.75, 3.05) is 32.4 Å². The van der Waals surface area contributed by atoms with Gasteiger partial charge in [0.05, 0.1) is 15.2 Å². The van der Waals surface area contributed by atoms with E-state index in [2.05, 4.69) is 27.6 Å². The fraction of sp³-hybridized carbons (Fsp3) is 0.556. The Morgan fingerprint density at radius 2 is 1.89 bits per heavy atom. The molecule has 2 aliphatic heterocycles. The van der Waals surface area contributed by atoms with Crippen LogP contribution in [0.15, 0.2) is 35.5 Å². The Morgan fingerprint density at radius 1 is 1.14 bits per heavy atom. The van der Waals surface area contributed by atoms with Gasteiger partial charge in [0.15, 0.2) is 0 Å². The number of nitrogens with zero attached hydrogens (tertiary/aromatic N) is 4. The number of carbonyl (C=O) groups excluding carboxylic acids is 1. The third-order valence-corrected chi connectivity index (χ3v) is 10.0. The molecule has 1 amide bonds. The fourth-order valence-corrected chi connectivity index (χ4v) is 7.44. The topological polar surface area (TPSA) is 71.0 Å². The van der Waals surface area contributed by atoms with Crippen molar-refractivity contribution >= 4 is 39.2 Å². The SMILES string of the molecule is CSc1cnc(C[C@H]2CC[C@H](Cc3nc4ccc(C(=O)N5CCC6(CC5)CNC6)cc4s3)C2)nc1. The number of hydrogen-bond donors (Lipinski definition) is 1. The first-order valence-electron chi connectivity index (χ1n) is 12.8. The Morgan fingerprint density at radius 3 is 2.57 bits per heavy atom. The largest absolute Gasteiger partial charge is 0.339 e. The molecule has 3 aromatic rings. The van der Waals surface area contributed by atoms with Gasteiger partial charge in [-0.05, 0) is 73.8 Å². The van der Waals surface area contributed by atoms with E-state index in [4.69, 9.17) is 4.98 Å². The molecule has 6 nitrogen and oxygen atoms in total. The predicted molar refractivity (Wildman–Crippen MR) is 142 cm³/mol. The van der Waals surface area contributed by atoms with Crippen LogP contribution in [0.3, 0.4) is 0 Å². The van der Waals surface area contributed by atoms with E-state index in [-0.39, 0.29) is 5.91 Å². The van der Waals surface area contributed by atoms with E-state index in [1.807, 2.05) is 29.4 Å². The van der Waals surface area contributed by atoms with Gasteiger partial charge in [0, 0.05) is 61.9 Å². The van der Waals surface area contributed by atoms with Crippen LogP contribution in [0.5, 0.6) is 0 Å². The second-order valence-electron chi connectivity index (χ2n) is 10.7. The number of amides is 1. The molecule has 184 valence electrons. The van der Waals surface area contributed by atoms with Crippen LogP contribution < -0.4 is 5.32 Å². The second kappa shape index (κ2) is 9.79. The molecule has 3 aliphatic rings. The van der Waals surface area contributed by atoms with Gasteiger partial charge in [-0.25, -0.2) is 15.0 Å². The second-order valence-corrected chi connectivity index (χ2v) is 12.7. The number of hydrogen-bond acceptors (Lipinski definition) is 7. The Hall–Kier alpha value is -2.03. The maximum Gasteiger partial charge on any atom is 0.253 e. The van der Waals surface area contributed by atoms with Gasteiger partial charge in [-0.15, -0.1) is 23.1 Å². The van der Waals surface area contributed by atoms with Gasteiger partial charge in [-0.2, -0.15) is 0 Å². The van der Waals surface area contributed by atoms with Gasteiger partial charge in [0.2, 0.25) is 0 Å². The van der Waals surface area contributed by atoms with Gasteiger partial charge in [0.25, 0.3) is 5.91 Å². The maximum atomic E-state index is 13.2. The summed E-state index contributed by atoms with van der Waals surface area (Å²) in [6.45, 7) is 3.99. The molecule has 2 saturated heterocycles. The van der Waals surface area contributed by atoms with Crippen molar-refractivity contribution in [3.8, 4) is 0 Å². The highest BCUT2D eigenvalue weighted by Crippen LogP contribution is 2.37. The summed E-state index contributed by atoms with van der Waals surface area (Å²) in [5.74, 6) is 2.49. The Labute approximate surface area is 215 Å². The molecule has 8 heteroatoms. The minimum atomic E-state index is 0.176. The van der Waals surface area contributed by atoms with Crippen LogP contribution in [0.25, 0.3) is 10.2 Å². The Bertz CT molecular complexity index is 1200. The van der Waals surface area contributed by atoms with E-state index in [0.29, 0.717) is 17.3 Å². The van der Waals surface area contributed by atoms with Crippen LogP contribution in [-0.4, -0.2) is 58.2 Å². The van der Waals surface area contributed by atoms with E-state index >= 15 is 0 Å². The van der Waals surface area contributed by atoms with E-state index in [9.17, 15) is 4.79 Å². The Balaban J connectivity index is 1.06. The molecule has 1 aliphatic carbocycles. The molecule has 1 aromatic carbocycles. The minimum Gasteiger partial charge on any atom is -0.339 e. The number of thiazole rings is 1. The summed E-state index contributed by atoms with van der Waals surface area (Å²) in [6, 6.07) is 6.08. The number of fused-ring (bicyclic) bond motifs is 1. The standard InChI is InChI=1S/C27H33N5OS2/c1-34-21-14-29-24(30-15-21)11-18-2-3-19(10-18)12-25-31-22-5-4-20(13-23(22)35-25)26(33)32-8-6-27(7-9-32)16-28-17-27/h4-5,13-15,18-19,28H,2-3,6-12,16-17H2,1H3/t18-,19-/m0/s1. The lowest BCUT2D eigenvalue weighted by atomic mass is 9.73. The Kier molecular flexibility index (Phi) is 6.54. The van der Waals surface area contributed by atoms with E-state index in [0.717, 1.165) is 78.4 Å². The van der Waals surface area contributed by atoms with Crippen molar-refractivity contribution < 1.29 is 4.79 Å². The van der Waals surface area contributed by atoms with Crippen molar-refractivity contribution in [2.45, 2.75) is 49.8 Å². The highest BCUT2D eigenvalue weighted by atomic mass is 32.2. The predicted octanol–water partition coefficient (Wildman–Crippen LogP) is 4.84. The van der Waals surface area contributed by atoms with Gasteiger partial charge >= 0.3 is 0 Å². The average molecular weight is 508 g/mol. The number of likely N-dealkylation sites (tertiary alicyclic amines) is 1. The zero-order valence-corrected chi connectivity index (χ0v) is 22.0. The highest BCUT2D eigenvalue weighted by Gasteiger charge is 2.40. The van der Waals surface area contributed by atoms with Crippen LogP contribution in [0.4, 0.5) is 0 Å². The van der Waals surface area contributed by atoms with Crippen molar-refractivity contribution in [1.82, 2.24) is 25.2 Å². The fourth-order valence-electron chi connectivity index (χ4n) is 6.00. The van der Waals surface area contributed by atoms with Crippen LogP contribution in [-0.2, 0) is 12.8 Å². The number of piperidine rings is 1. The molecular formula is C27H33N5OS2. The monoisotopic (exact) mass is 507 g/mol. The number of aromatic nitrogens is 3. The lowest BCUT2D eigenvalue weighted by Gasteiger charge is -2.48. The minimum absolute atomic E-state index is 0.176. The third-order valence-electron chi connectivity index (χ3n) is 8.29. The lowest BCUT2D eigenvalue weighted by Crippen LogP contribution is -2.58. The van der Waals surface area contributed by atoms with Crippen molar-refractivity contribution in [3.05, 3.63) is 47.0 Å². The summed E-state index contributed by atoms with van der Waals surface area (Å²) >= 11 is 3.45. The highest BCUT2D eigenvalue weighted by molar-refractivity contribution is 7.98. The van der Waals surface area contributed by atoms with Gasteiger partial charge in [0.1, 0.15) is 5.82 Å². The molecule has 2 atom stereocenters. The molecule has 35 heavy (non-hydrogen) atoms. The van der Waals surface area contributed by atoms with Crippen LogP contribution in [0.1, 0.15) is 53.3 Å². The first-order valence-corrected chi connectivity index (χ1v) is 14.9. The molecule has 4 heterocycles. The van der Waals surface area contributed by atoms with Gasteiger partial charge in [-0.1, -0.05) is 0 Å². The number of benzene rings is 1. The molecule has 2 aromatic heterocycles. The molecule has 0 radical (unpaired) electrons. The summed E-state index contributed by atoms with van der Waals surface area (Å²) < 4.78 is 1.14. The van der Waals surface area contributed by atoms with Gasteiger partial charge in [-0.3, -0.25) is 4.79 Å². The van der Waals surface area contributed by atoms with Crippen LogP contribution in [0.2, 0.25) is 0 Å². The molecule has 3 fully saturated rings. The van der Waals surface area contributed by atoms with Gasteiger partial charge < -0.3 is 10.2 Å². The number of nitrogens with one attached hydrogen (secondary N) is 1. The van der Waals surface area contributed by atoms with Crippen molar-refractivity contribution in [2.24, 2.45) is 17.3 Å². The number of thioether (sulfide) groups is 1. The zero-order valence-electron chi connectivity index (χ0n) is 20.3. The van der Waals surface area contributed by atoms with E-state index in [1.54, 1.807) is 23.1 Å². The summed E-state index contributed by atoms with van der Waals surface area (Å²) in [7, 11) is 0. The van der Waals surface area contributed by atoms with E-state index in [1.165, 1.54) is 24.3 Å². The van der Waals surface area contributed by atoms with Crippen molar-refractivity contribution in [3.63, 3.8) is 0 Å². The molecule has 0 bridgehead atoms. The van der Waals surface area contributed by atoms with Crippen LogP contribution >= 0.6 is 23.1 Å². The lowest BCUT2D eigenvalue weighted by molar-refractivity contribution is 0.0415. The number of rotatable bonds is 6. The molecule has 6 rings (SSSR count). The van der Waals surface area contributed by atoms with Crippen LogP contribution in [0, 0.1) is 17.3 Å². The molecule has 0 unspecified atom stereocenters.